The lowest BCUT2D eigenvalue weighted by Crippen LogP contribution is -2.54. The van der Waals surface area contributed by atoms with Crippen LogP contribution in [0.1, 0.15) is 34.7 Å². The molecule has 0 radical (unpaired) electrons. The summed E-state index contributed by atoms with van der Waals surface area (Å²) in [5.74, 6) is -0.185. The molecular formula is C25H33N5O4S. The van der Waals surface area contributed by atoms with E-state index in [1.54, 1.807) is 18.2 Å². The maximum atomic E-state index is 13.6. The number of benzene rings is 2. The maximum absolute atomic E-state index is 13.6. The predicted molar refractivity (Wildman–Crippen MR) is 137 cm³/mol. The molecule has 0 unspecified atom stereocenters. The zero-order valence-electron chi connectivity index (χ0n) is 21.1. The Morgan fingerprint density at radius 1 is 0.886 bits per heavy atom. The van der Waals surface area contributed by atoms with Crippen LogP contribution in [-0.4, -0.2) is 65.7 Å². The largest absolute Gasteiger partial charge is 0.325 e. The maximum Gasteiger partial charge on any atom is 0.323 e. The number of aromatic nitrogens is 2. The van der Waals surface area contributed by atoms with Crippen LogP contribution in [0.2, 0.25) is 0 Å². The molecule has 0 aliphatic carbocycles. The molecule has 35 heavy (non-hydrogen) atoms. The lowest BCUT2D eigenvalue weighted by molar-refractivity contribution is -0.121. The van der Waals surface area contributed by atoms with Crippen molar-refractivity contribution < 1.29 is 13.2 Å². The van der Waals surface area contributed by atoms with Crippen LogP contribution in [0.15, 0.2) is 27.9 Å². The molecule has 9 nitrogen and oxygen atoms in total. The number of carbonyl (C=O) groups is 1. The minimum atomic E-state index is -3.65. The number of imidazole rings is 1. The molecule has 2 aromatic carbocycles. The summed E-state index contributed by atoms with van der Waals surface area (Å²) < 4.78 is 28.7. The van der Waals surface area contributed by atoms with Crippen LogP contribution in [0, 0.1) is 34.6 Å². The Hall–Kier alpha value is -2.95. The summed E-state index contributed by atoms with van der Waals surface area (Å²) in [6.07, 6.45) is 0. The van der Waals surface area contributed by atoms with Gasteiger partial charge in [-0.3, -0.25) is 9.69 Å². The summed E-state index contributed by atoms with van der Waals surface area (Å²) in [7, 11) is -3.65. The van der Waals surface area contributed by atoms with Crippen molar-refractivity contribution >= 4 is 32.7 Å². The van der Waals surface area contributed by atoms with Crippen molar-refractivity contribution in [3.8, 4) is 0 Å². The second-order valence-corrected chi connectivity index (χ2v) is 11.3. The number of aromatic amines is 2. The molecule has 1 fully saturated rings. The van der Waals surface area contributed by atoms with E-state index in [1.807, 2.05) is 46.4 Å². The number of H-pyrrole nitrogens is 2. The number of amides is 1. The van der Waals surface area contributed by atoms with Gasteiger partial charge in [0.25, 0.3) is 0 Å². The zero-order valence-corrected chi connectivity index (χ0v) is 21.9. The van der Waals surface area contributed by atoms with Crippen molar-refractivity contribution in [2.75, 3.05) is 31.5 Å². The summed E-state index contributed by atoms with van der Waals surface area (Å²) in [6, 6.07) is 4.74. The van der Waals surface area contributed by atoms with Crippen LogP contribution < -0.4 is 11.0 Å². The van der Waals surface area contributed by atoms with E-state index in [4.69, 9.17) is 0 Å². The van der Waals surface area contributed by atoms with Crippen molar-refractivity contribution in [3.63, 3.8) is 0 Å². The number of hydrogen-bond acceptors (Lipinski definition) is 5. The first-order valence-electron chi connectivity index (χ1n) is 11.8. The Balaban J connectivity index is 1.45. The Bertz CT molecular complexity index is 1430. The van der Waals surface area contributed by atoms with E-state index in [9.17, 15) is 18.0 Å². The Labute approximate surface area is 205 Å². The van der Waals surface area contributed by atoms with Crippen molar-refractivity contribution in [3.05, 3.63) is 56.5 Å². The van der Waals surface area contributed by atoms with E-state index in [-0.39, 0.29) is 11.6 Å². The predicted octanol–water partition coefficient (Wildman–Crippen LogP) is 2.73. The molecule has 188 valence electrons. The molecule has 3 aromatic rings. The molecule has 2 heterocycles. The first-order valence-corrected chi connectivity index (χ1v) is 13.2. The Kier molecular flexibility index (Phi) is 6.65. The van der Waals surface area contributed by atoms with Gasteiger partial charge in [0.1, 0.15) is 0 Å². The van der Waals surface area contributed by atoms with Gasteiger partial charge in [-0.2, -0.15) is 4.31 Å². The standard InChI is InChI=1S/C25H33N5O4S/c1-14-15(2)17(4)23(18(5)16(14)3)35(33,34)30-11-9-29(10-12-30)19(6)24(31)26-20-7-8-21-22(13-20)28-25(32)27-21/h7-8,13,19H,9-12H2,1-6H3,(H,26,31)(H2,27,28,32)/t19-/m1/s1. The summed E-state index contributed by atoms with van der Waals surface area (Å²) >= 11 is 0. The fourth-order valence-electron chi connectivity index (χ4n) is 4.84. The van der Waals surface area contributed by atoms with E-state index < -0.39 is 16.1 Å². The van der Waals surface area contributed by atoms with Crippen LogP contribution >= 0.6 is 0 Å². The number of fused-ring (bicyclic) bond motifs is 1. The SMILES string of the molecule is Cc1c(C)c(C)c(S(=O)(=O)N2CCN([C@H](C)C(=O)Nc3ccc4[nH]c(=O)[nH]c4c3)CC2)c(C)c1C. The number of hydrogen-bond donors (Lipinski definition) is 3. The van der Waals surface area contributed by atoms with Crippen molar-refractivity contribution in [2.24, 2.45) is 0 Å². The minimum absolute atomic E-state index is 0.185. The van der Waals surface area contributed by atoms with E-state index in [0.29, 0.717) is 47.8 Å². The van der Waals surface area contributed by atoms with Gasteiger partial charge in [0.15, 0.2) is 0 Å². The smallest absolute Gasteiger partial charge is 0.323 e. The van der Waals surface area contributed by atoms with E-state index in [2.05, 4.69) is 15.3 Å². The first-order chi connectivity index (χ1) is 16.4. The second-order valence-electron chi connectivity index (χ2n) is 9.40. The molecule has 3 N–H and O–H groups in total. The summed E-state index contributed by atoms with van der Waals surface area (Å²) in [6.45, 7) is 13.1. The Morgan fingerprint density at radius 3 is 2.03 bits per heavy atom. The minimum Gasteiger partial charge on any atom is -0.325 e. The lowest BCUT2D eigenvalue weighted by Gasteiger charge is -2.37. The Morgan fingerprint density at radius 2 is 1.43 bits per heavy atom. The highest BCUT2D eigenvalue weighted by Crippen LogP contribution is 2.32. The van der Waals surface area contributed by atoms with E-state index in [1.165, 1.54) is 4.31 Å². The van der Waals surface area contributed by atoms with Gasteiger partial charge < -0.3 is 15.3 Å². The molecule has 0 spiro atoms. The van der Waals surface area contributed by atoms with Crippen molar-refractivity contribution in [1.29, 1.82) is 0 Å². The molecule has 1 aliphatic heterocycles. The van der Waals surface area contributed by atoms with Crippen molar-refractivity contribution in [2.45, 2.75) is 52.5 Å². The lowest BCUT2D eigenvalue weighted by atomic mass is 9.95. The van der Waals surface area contributed by atoms with Gasteiger partial charge in [0, 0.05) is 31.9 Å². The summed E-state index contributed by atoms with van der Waals surface area (Å²) in [4.78, 5) is 32.1. The van der Waals surface area contributed by atoms with Gasteiger partial charge in [-0.05, 0) is 87.6 Å². The van der Waals surface area contributed by atoms with Gasteiger partial charge in [-0.1, -0.05) is 0 Å². The third kappa shape index (κ3) is 4.53. The van der Waals surface area contributed by atoms with Gasteiger partial charge in [-0.25, -0.2) is 13.2 Å². The molecular weight excluding hydrogens is 466 g/mol. The molecule has 1 atom stereocenters. The van der Waals surface area contributed by atoms with Crippen LogP contribution in [-0.2, 0) is 14.8 Å². The first kappa shape index (κ1) is 25.2. The van der Waals surface area contributed by atoms with Crippen LogP contribution in [0.25, 0.3) is 11.0 Å². The van der Waals surface area contributed by atoms with Crippen LogP contribution in [0.4, 0.5) is 5.69 Å². The van der Waals surface area contributed by atoms with E-state index >= 15 is 0 Å². The molecule has 1 aromatic heterocycles. The highest BCUT2D eigenvalue weighted by atomic mass is 32.2. The highest BCUT2D eigenvalue weighted by molar-refractivity contribution is 7.89. The number of nitrogens with one attached hydrogen (secondary N) is 3. The third-order valence-electron chi connectivity index (χ3n) is 7.51. The number of carbonyl (C=O) groups excluding carboxylic acids is 1. The molecule has 4 rings (SSSR count). The molecule has 1 saturated heterocycles. The van der Waals surface area contributed by atoms with Gasteiger partial charge >= 0.3 is 5.69 Å². The van der Waals surface area contributed by atoms with Crippen molar-refractivity contribution in [1.82, 2.24) is 19.2 Å². The van der Waals surface area contributed by atoms with Gasteiger partial charge in [0.05, 0.1) is 22.0 Å². The van der Waals surface area contributed by atoms with Gasteiger partial charge in [-0.15, -0.1) is 0 Å². The summed E-state index contributed by atoms with van der Waals surface area (Å²) in [5.41, 5.74) is 6.34. The number of nitrogens with zero attached hydrogens (tertiary/aromatic N) is 2. The average molecular weight is 500 g/mol. The van der Waals surface area contributed by atoms with E-state index in [0.717, 1.165) is 27.8 Å². The molecule has 1 amide bonds. The normalized spacial score (nSPS) is 16.5. The number of sulfonamides is 1. The van der Waals surface area contributed by atoms with Gasteiger partial charge in [0.2, 0.25) is 15.9 Å². The fourth-order valence-corrected chi connectivity index (χ4v) is 6.82. The topological polar surface area (TPSA) is 118 Å². The number of piperazine rings is 1. The molecule has 1 aliphatic rings. The number of rotatable bonds is 5. The molecule has 10 heteroatoms. The summed E-state index contributed by atoms with van der Waals surface area (Å²) in [5, 5.41) is 2.89. The average Bonchev–Trinajstić information content (AvgIpc) is 3.20. The fraction of sp³-hybridized carbons (Fsp3) is 0.440. The second kappa shape index (κ2) is 9.25. The number of anilines is 1. The highest BCUT2D eigenvalue weighted by Gasteiger charge is 2.34. The zero-order chi connectivity index (χ0) is 25.7. The van der Waals surface area contributed by atoms with Crippen LogP contribution in [0.5, 0.6) is 0 Å². The third-order valence-corrected chi connectivity index (χ3v) is 9.69. The molecule has 0 bridgehead atoms. The molecule has 0 saturated carbocycles. The quantitative estimate of drug-likeness (QED) is 0.499. The monoisotopic (exact) mass is 499 g/mol. The van der Waals surface area contributed by atoms with Crippen LogP contribution in [0.3, 0.4) is 0 Å².